The van der Waals surface area contributed by atoms with Crippen molar-refractivity contribution >= 4 is 34.6 Å². The first-order chi connectivity index (χ1) is 16.9. The van der Waals surface area contributed by atoms with Crippen molar-refractivity contribution in [2.24, 2.45) is 0 Å². The van der Waals surface area contributed by atoms with Gasteiger partial charge in [-0.05, 0) is 99.2 Å². The summed E-state index contributed by atoms with van der Waals surface area (Å²) in [6.07, 6.45) is 1.90. The second kappa shape index (κ2) is 9.72. The number of halogens is 1. The number of hydrogen-bond acceptors (Lipinski definition) is 4. The maximum atomic E-state index is 6.47. The lowest BCUT2D eigenvalue weighted by Crippen LogP contribution is -2.29. The van der Waals surface area contributed by atoms with E-state index < -0.39 is 0 Å². The summed E-state index contributed by atoms with van der Waals surface area (Å²) < 4.78 is 12.3. The summed E-state index contributed by atoms with van der Waals surface area (Å²) in [6, 6.07) is 23.2. The third kappa shape index (κ3) is 4.77. The van der Waals surface area contributed by atoms with Gasteiger partial charge < -0.3 is 19.4 Å². The highest BCUT2D eigenvalue weighted by molar-refractivity contribution is 7.80. The lowest BCUT2D eigenvalue weighted by atomic mass is 10.0. The number of thiocarbonyl (C=S) groups is 1. The molecule has 1 fully saturated rings. The van der Waals surface area contributed by atoms with E-state index in [1.807, 2.05) is 93.6 Å². The van der Waals surface area contributed by atoms with Gasteiger partial charge in [-0.15, -0.1) is 0 Å². The molecule has 3 heterocycles. The van der Waals surface area contributed by atoms with E-state index in [0.717, 1.165) is 39.8 Å². The quantitative estimate of drug-likeness (QED) is 0.279. The normalized spacial score (nSPS) is 17.6. The summed E-state index contributed by atoms with van der Waals surface area (Å²) >= 11 is 12.1. The number of nitrogens with one attached hydrogen (secondary N) is 1. The van der Waals surface area contributed by atoms with Crippen LogP contribution in [0.1, 0.15) is 42.9 Å². The largest absolute Gasteiger partial charge is 0.491 e. The van der Waals surface area contributed by atoms with Gasteiger partial charge in [-0.25, -0.2) is 0 Å². The molecule has 0 amide bonds. The lowest BCUT2D eigenvalue weighted by Gasteiger charge is -2.26. The number of benzene rings is 2. The Labute approximate surface area is 215 Å². The summed E-state index contributed by atoms with van der Waals surface area (Å²) in [4.78, 5) is 6.69. The molecule has 5 nitrogen and oxygen atoms in total. The molecule has 1 aliphatic heterocycles. The van der Waals surface area contributed by atoms with E-state index in [-0.39, 0.29) is 18.2 Å². The average Bonchev–Trinajstić information content (AvgIpc) is 3.46. The van der Waals surface area contributed by atoms with Crippen LogP contribution in [-0.4, -0.2) is 16.2 Å². The fourth-order valence-electron chi connectivity index (χ4n) is 4.40. The molecular weight excluding hydrogens is 478 g/mol. The minimum absolute atomic E-state index is 0.105. The molecule has 2 aromatic carbocycles. The Morgan fingerprint density at radius 2 is 1.86 bits per heavy atom. The maximum absolute atomic E-state index is 6.47. The summed E-state index contributed by atoms with van der Waals surface area (Å²) in [5.74, 6) is 2.36. The number of aromatic nitrogens is 1. The van der Waals surface area contributed by atoms with Gasteiger partial charge in [0.15, 0.2) is 5.11 Å². The summed E-state index contributed by atoms with van der Waals surface area (Å²) in [7, 11) is 0. The number of furan rings is 1. The van der Waals surface area contributed by atoms with Crippen LogP contribution in [-0.2, 0) is 0 Å². The molecule has 7 heteroatoms. The van der Waals surface area contributed by atoms with Crippen molar-refractivity contribution < 1.29 is 9.15 Å². The van der Waals surface area contributed by atoms with E-state index in [2.05, 4.69) is 15.2 Å². The molecule has 0 saturated carbocycles. The highest BCUT2D eigenvalue weighted by Crippen LogP contribution is 2.43. The second-order valence-electron chi connectivity index (χ2n) is 8.82. The van der Waals surface area contributed by atoms with E-state index in [4.69, 9.17) is 33.0 Å². The smallest absolute Gasteiger partial charge is 0.174 e. The molecule has 1 aliphatic rings. The number of pyridine rings is 1. The minimum Gasteiger partial charge on any atom is -0.491 e. The Morgan fingerprint density at radius 3 is 2.57 bits per heavy atom. The van der Waals surface area contributed by atoms with Gasteiger partial charge in [-0.2, -0.15) is 0 Å². The zero-order valence-corrected chi connectivity index (χ0v) is 21.3. The highest BCUT2D eigenvalue weighted by Gasteiger charge is 2.42. The van der Waals surface area contributed by atoms with Crippen molar-refractivity contribution in [2.75, 3.05) is 4.90 Å². The van der Waals surface area contributed by atoms with Crippen LogP contribution >= 0.6 is 23.8 Å². The Morgan fingerprint density at radius 1 is 1.06 bits per heavy atom. The van der Waals surface area contributed by atoms with Crippen LogP contribution in [0.4, 0.5) is 5.69 Å². The predicted molar refractivity (Wildman–Crippen MR) is 144 cm³/mol. The van der Waals surface area contributed by atoms with Crippen molar-refractivity contribution in [1.82, 2.24) is 10.3 Å². The predicted octanol–water partition coefficient (Wildman–Crippen LogP) is 7.27. The molecule has 2 atom stereocenters. The average molecular weight is 504 g/mol. The molecule has 0 unspecified atom stereocenters. The van der Waals surface area contributed by atoms with Crippen molar-refractivity contribution in [3.63, 3.8) is 0 Å². The molecule has 0 aliphatic carbocycles. The molecule has 35 heavy (non-hydrogen) atoms. The van der Waals surface area contributed by atoms with Gasteiger partial charge in [-0.3, -0.25) is 4.98 Å². The number of nitrogens with zero attached hydrogens (tertiary/aromatic N) is 2. The van der Waals surface area contributed by atoms with E-state index in [1.54, 1.807) is 6.20 Å². The van der Waals surface area contributed by atoms with Crippen LogP contribution in [0.3, 0.4) is 0 Å². The molecule has 1 saturated heterocycles. The van der Waals surface area contributed by atoms with Gasteiger partial charge in [-0.1, -0.05) is 23.7 Å². The lowest BCUT2D eigenvalue weighted by molar-refractivity contribution is 0.242. The summed E-state index contributed by atoms with van der Waals surface area (Å²) in [5.41, 5.74) is 3.89. The molecule has 0 bridgehead atoms. The monoisotopic (exact) mass is 503 g/mol. The van der Waals surface area contributed by atoms with Crippen molar-refractivity contribution in [2.45, 2.75) is 39.0 Å². The number of rotatable bonds is 6. The van der Waals surface area contributed by atoms with Crippen LogP contribution in [0, 0.1) is 6.92 Å². The molecule has 0 radical (unpaired) electrons. The van der Waals surface area contributed by atoms with Crippen molar-refractivity contribution in [3.05, 3.63) is 101 Å². The molecule has 178 valence electrons. The first-order valence-corrected chi connectivity index (χ1v) is 12.3. The first kappa shape index (κ1) is 23.4. The molecule has 4 aromatic rings. The Balaban J connectivity index is 1.56. The van der Waals surface area contributed by atoms with Crippen LogP contribution < -0.4 is 15.0 Å². The van der Waals surface area contributed by atoms with Gasteiger partial charge in [0.05, 0.1) is 17.8 Å². The Hall–Kier alpha value is -3.35. The van der Waals surface area contributed by atoms with Gasteiger partial charge in [0, 0.05) is 22.5 Å². The SMILES string of the molecule is Cc1ccc(Cl)cc1-c1ccc([C@H]2[C@@H](c3ccccn3)NC(=S)N2c2ccc(OC(C)C)cc2)o1. The van der Waals surface area contributed by atoms with E-state index in [1.165, 1.54) is 0 Å². The maximum Gasteiger partial charge on any atom is 0.174 e. The van der Waals surface area contributed by atoms with Gasteiger partial charge in [0.25, 0.3) is 0 Å². The molecular formula is C28H26ClN3O2S. The first-order valence-electron chi connectivity index (χ1n) is 11.5. The molecule has 1 N–H and O–H groups in total. The van der Waals surface area contributed by atoms with Crippen molar-refractivity contribution in [3.8, 4) is 17.1 Å². The van der Waals surface area contributed by atoms with Crippen LogP contribution in [0.2, 0.25) is 5.02 Å². The third-order valence-corrected chi connectivity index (χ3v) is 6.52. The standard InChI is InChI=1S/C28H26ClN3O2S/c1-17(2)33-21-11-9-20(10-12-21)32-27(26(31-28(32)35)23-6-4-5-15-30-23)25-14-13-24(34-25)22-16-19(29)8-7-18(22)3/h4-17,26-27H,1-3H3,(H,31,35)/t26-,27+/m1/s1. The Bertz CT molecular complexity index is 1340. The topological polar surface area (TPSA) is 50.5 Å². The zero-order chi connectivity index (χ0) is 24.5. The van der Waals surface area contributed by atoms with Crippen LogP contribution in [0.25, 0.3) is 11.3 Å². The minimum atomic E-state index is -0.234. The van der Waals surface area contributed by atoms with E-state index in [0.29, 0.717) is 10.1 Å². The summed E-state index contributed by atoms with van der Waals surface area (Å²) in [6.45, 7) is 6.07. The molecule has 5 rings (SSSR count). The zero-order valence-electron chi connectivity index (χ0n) is 19.7. The fraction of sp³-hybridized carbons (Fsp3) is 0.214. The Kier molecular flexibility index (Phi) is 6.50. The van der Waals surface area contributed by atoms with Gasteiger partial charge in [0.2, 0.25) is 0 Å². The van der Waals surface area contributed by atoms with E-state index in [9.17, 15) is 0 Å². The second-order valence-corrected chi connectivity index (χ2v) is 9.64. The van der Waals surface area contributed by atoms with E-state index >= 15 is 0 Å². The van der Waals surface area contributed by atoms with Gasteiger partial charge in [0.1, 0.15) is 23.3 Å². The number of aryl methyl sites for hydroxylation is 1. The van der Waals surface area contributed by atoms with Crippen molar-refractivity contribution in [1.29, 1.82) is 0 Å². The van der Waals surface area contributed by atoms with Crippen LogP contribution in [0.5, 0.6) is 5.75 Å². The van der Waals surface area contributed by atoms with Gasteiger partial charge >= 0.3 is 0 Å². The third-order valence-electron chi connectivity index (χ3n) is 5.97. The number of ether oxygens (including phenoxy) is 1. The highest BCUT2D eigenvalue weighted by atomic mass is 35.5. The summed E-state index contributed by atoms with van der Waals surface area (Å²) in [5, 5.41) is 4.75. The fourth-order valence-corrected chi connectivity index (χ4v) is 4.91. The van der Waals surface area contributed by atoms with Crippen LogP contribution in [0.15, 0.2) is 83.4 Å². The number of anilines is 1. The molecule has 2 aromatic heterocycles. The number of hydrogen-bond donors (Lipinski definition) is 1. The molecule has 0 spiro atoms.